The van der Waals surface area contributed by atoms with Gasteiger partial charge in [-0.15, -0.1) is 11.8 Å². The lowest BCUT2D eigenvalue weighted by Crippen LogP contribution is -2.14. The monoisotopic (exact) mass is 302 g/mol. The van der Waals surface area contributed by atoms with E-state index < -0.39 is 5.97 Å². The summed E-state index contributed by atoms with van der Waals surface area (Å²) in [4.78, 5) is 23.6. The van der Waals surface area contributed by atoms with Crippen LogP contribution in [0.1, 0.15) is 10.4 Å². The minimum atomic E-state index is -1.03. The van der Waals surface area contributed by atoms with Gasteiger partial charge in [0, 0.05) is 16.3 Å². The number of nitrogen functional groups attached to an aromatic ring is 1. The van der Waals surface area contributed by atoms with E-state index in [0.29, 0.717) is 11.4 Å². The second-order valence-electron chi connectivity index (χ2n) is 4.29. The SMILES string of the molecule is Nc1ccc(SCC(=O)Nc2cccc(C(=O)O)c2)cc1. The van der Waals surface area contributed by atoms with Crippen LogP contribution in [0.2, 0.25) is 0 Å². The Morgan fingerprint density at radius 1 is 1.14 bits per heavy atom. The van der Waals surface area contributed by atoms with Gasteiger partial charge >= 0.3 is 5.97 Å². The second kappa shape index (κ2) is 6.81. The number of thioether (sulfide) groups is 1. The molecule has 4 N–H and O–H groups in total. The lowest BCUT2D eigenvalue weighted by atomic mass is 10.2. The van der Waals surface area contributed by atoms with Crippen molar-refractivity contribution < 1.29 is 14.7 Å². The predicted molar refractivity (Wildman–Crippen MR) is 83.6 cm³/mol. The Bertz CT molecular complexity index is 656. The van der Waals surface area contributed by atoms with E-state index in [9.17, 15) is 9.59 Å². The molecule has 0 saturated carbocycles. The Hall–Kier alpha value is -2.47. The minimum absolute atomic E-state index is 0.138. The summed E-state index contributed by atoms with van der Waals surface area (Å²) in [7, 11) is 0. The Morgan fingerprint density at radius 2 is 1.86 bits per heavy atom. The maximum absolute atomic E-state index is 11.8. The second-order valence-corrected chi connectivity index (χ2v) is 5.34. The van der Waals surface area contributed by atoms with Crippen molar-refractivity contribution in [3.8, 4) is 0 Å². The summed E-state index contributed by atoms with van der Waals surface area (Å²) < 4.78 is 0. The maximum Gasteiger partial charge on any atom is 0.335 e. The zero-order valence-electron chi connectivity index (χ0n) is 11.1. The summed E-state index contributed by atoms with van der Waals surface area (Å²) in [6.07, 6.45) is 0. The molecule has 0 radical (unpaired) electrons. The number of carbonyl (C=O) groups excluding carboxylic acids is 1. The molecule has 0 aliphatic rings. The first-order valence-electron chi connectivity index (χ1n) is 6.16. The molecule has 0 heterocycles. The van der Waals surface area contributed by atoms with Gasteiger partial charge in [-0.05, 0) is 42.5 Å². The number of nitrogens with one attached hydrogen (secondary N) is 1. The van der Waals surface area contributed by atoms with Crippen molar-refractivity contribution >= 4 is 35.0 Å². The smallest absolute Gasteiger partial charge is 0.335 e. The van der Waals surface area contributed by atoms with Crippen LogP contribution in [-0.4, -0.2) is 22.7 Å². The molecule has 0 unspecified atom stereocenters. The van der Waals surface area contributed by atoms with Gasteiger partial charge in [0.05, 0.1) is 11.3 Å². The third kappa shape index (κ3) is 4.54. The number of rotatable bonds is 5. The molecule has 0 aromatic heterocycles. The molecule has 6 heteroatoms. The molecule has 5 nitrogen and oxygen atoms in total. The van der Waals surface area contributed by atoms with Gasteiger partial charge < -0.3 is 16.2 Å². The lowest BCUT2D eigenvalue weighted by molar-refractivity contribution is -0.113. The molecular formula is C15H14N2O3S. The lowest BCUT2D eigenvalue weighted by Gasteiger charge is -2.06. The summed E-state index contributed by atoms with van der Waals surface area (Å²) in [5.74, 6) is -0.983. The van der Waals surface area contributed by atoms with Crippen LogP contribution in [0, 0.1) is 0 Å². The molecule has 2 aromatic carbocycles. The molecule has 0 saturated heterocycles. The first-order valence-corrected chi connectivity index (χ1v) is 7.15. The number of anilines is 2. The molecule has 2 aromatic rings. The zero-order chi connectivity index (χ0) is 15.2. The van der Waals surface area contributed by atoms with Gasteiger partial charge in [0.1, 0.15) is 0 Å². The van der Waals surface area contributed by atoms with Gasteiger partial charge in [0.15, 0.2) is 0 Å². The molecule has 0 aliphatic heterocycles. The van der Waals surface area contributed by atoms with E-state index in [4.69, 9.17) is 10.8 Å². The largest absolute Gasteiger partial charge is 0.478 e. The van der Waals surface area contributed by atoms with Crippen LogP contribution in [0.4, 0.5) is 11.4 Å². The standard InChI is InChI=1S/C15H14N2O3S/c16-11-4-6-13(7-5-11)21-9-14(18)17-12-3-1-2-10(8-12)15(19)20/h1-8H,9,16H2,(H,17,18)(H,19,20). The quantitative estimate of drug-likeness (QED) is 0.583. The van der Waals surface area contributed by atoms with Crippen LogP contribution in [0.5, 0.6) is 0 Å². The average Bonchev–Trinajstić information content (AvgIpc) is 2.47. The molecule has 0 fully saturated rings. The van der Waals surface area contributed by atoms with Gasteiger partial charge in [-0.2, -0.15) is 0 Å². The van der Waals surface area contributed by atoms with E-state index >= 15 is 0 Å². The highest BCUT2D eigenvalue weighted by molar-refractivity contribution is 8.00. The summed E-state index contributed by atoms with van der Waals surface area (Å²) in [6, 6.07) is 13.4. The van der Waals surface area contributed by atoms with E-state index in [1.54, 1.807) is 24.3 Å². The number of hydrogen-bond donors (Lipinski definition) is 3. The van der Waals surface area contributed by atoms with E-state index in [0.717, 1.165) is 4.90 Å². The van der Waals surface area contributed by atoms with Crippen LogP contribution in [0.15, 0.2) is 53.4 Å². The average molecular weight is 302 g/mol. The van der Waals surface area contributed by atoms with Crippen LogP contribution < -0.4 is 11.1 Å². The third-order valence-corrected chi connectivity index (χ3v) is 3.66. The van der Waals surface area contributed by atoms with E-state index in [2.05, 4.69) is 5.32 Å². The van der Waals surface area contributed by atoms with Crippen molar-refractivity contribution in [3.63, 3.8) is 0 Å². The number of carbonyl (C=O) groups is 2. The molecular weight excluding hydrogens is 288 g/mol. The Morgan fingerprint density at radius 3 is 2.52 bits per heavy atom. The van der Waals surface area contributed by atoms with Crippen molar-refractivity contribution in [3.05, 3.63) is 54.1 Å². The van der Waals surface area contributed by atoms with Crippen LogP contribution in [0.25, 0.3) is 0 Å². The number of nitrogens with two attached hydrogens (primary N) is 1. The normalized spacial score (nSPS) is 10.1. The van der Waals surface area contributed by atoms with Gasteiger partial charge in [-0.1, -0.05) is 6.07 Å². The number of amides is 1. The Balaban J connectivity index is 1.91. The topological polar surface area (TPSA) is 92.4 Å². The summed E-state index contributed by atoms with van der Waals surface area (Å²) in [5.41, 5.74) is 6.87. The van der Waals surface area contributed by atoms with Crippen molar-refractivity contribution in [1.82, 2.24) is 0 Å². The fourth-order valence-electron chi connectivity index (χ4n) is 1.64. The van der Waals surface area contributed by atoms with Gasteiger partial charge in [-0.3, -0.25) is 4.79 Å². The van der Waals surface area contributed by atoms with Crippen LogP contribution >= 0.6 is 11.8 Å². The number of aromatic carboxylic acids is 1. The highest BCUT2D eigenvalue weighted by Gasteiger charge is 2.07. The highest BCUT2D eigenvalue weighted by atomic mass is 32.2. The minimum Gasteiger partial charge on any atom is -0.478 e. The Kier molecular flexibility index (Phi) is 4.84. The Labute approximate surface area is 126 Å². The number of benzene rings is 2. The third-order valence-electron chi connectivity index (χ3n) is 2.64. The molecule has 0 atom stereocenters. The number of carboxylic acids is 1. The van der Waals surface area contributed by atoms with Crippen LogP contribution in [-0.2, 0) is 4.79 Å². The summed E-state index contributed by atoms with van der Waals surface area (Å²) >= 11 is 1.38. The molecule has 0 aliphatic carbocycles. The fourth-order valence-corrected chi connectivity index (χ4v) is 2.34. The number of hydrogen-bond acceptors (Lipinski definition) is 4. The van der Waals surface area contributed by atoms with Gasteiger partial charge in [0.25, 0.3) is 0 Å². The molecule has 0 bridgehead atoms. The van der Waals surface area contributed by atoms with E-state index in [1.165, 1.54) is 23.9 Å². The summed E-state index contributed by atoms with van der Waals surface area (Å²) in [6.45, 7) is 0. The van der Waals surface area contributed by atoms with Crippen LogP contribution in [0.3, 0.4) is 0 Å². The fraction of sp³-hybridized carbons (Fsp3) is 0.0667. The molecule has 1 amide bonds. The van der Waals surface area contributed by atoms with Crippen molar-refractivity contribution in [2.45, 2.75) is 4.90 Å². The van der Waals surface area contributed by atoms with Gasteiger partial charge in [0.2, 0.25) is 5.91 Å². The molecule has 2 rings (SSSR count). The molecule has 0 spiro atoms. The van der Waals surface area contributed by atoms with Gasteiger partial charge in [-0.25, -0.2) is 4.79 Å². The number of carboxylic acid groups (broad SMARTS) is 1. The van der Waals surface area contributed by atoms with E-state index in [1.807, 2.05) is 12.1 Å². The van der Waals surface area contributed by atoms with Crippen molar-refractivity contribution in [1.29, 1.82) is 0 Å². The summed E-state index contributed by atoms with van der Waals surface area (Å²) in [5, 5.41) is 11.6. The first-order chi connectivity index (χ1) is 10.0. The van der Waals surface area contributed by atoms with Crippen molar-refractivity contribution in [2.75, 3.05) is 16.8 Å². The highest BCUT2D eigenvalue weighted by Crippen LogP contribution is 2.19. The first kappa shape index (κ1) is 14.9. The maximum atomic E-state index is 11.8. The van der Waals surface area contributed by atoms with Crippen molar-refractivity contribution in [2.24, 2.45) is 0 Å². The molecule has 21 heavy (non-hydrogen) atoms. The van der Waals surface area contributed by atoms with E-state index in [-0.39, 0.29) is 17.2 Å². The molecule has 108 valence electrons. The zero-order valence-corrected chi connectivity index (χ0v) is 11.9. The predicted octanol–water partition coefficient (Wildman–Crippen LogP) is 2.70.